The molecule has 0 unspecified atom stereocenters. The van der Waals surface area contributed by atoms with E-state index in [-0.39, 0.29) is 5.41 Å². The third-order valence-electron chi connectivity index (χ3n) is 6.07. The Morgan fingerprint density at radius 3 is 2.86 bits per heavy atom. The number of fused-ring (bicyclic) bond motifs is 4. The maximum atomic E-state index is 12.3. The zero-order chi connectivity index (χ0) is 14.6. The maximum absolute atomic E-state index is 12.3. The number of allylic oxidation sites excluding steroid dienone is 2. The van der Waals surface area contributed by atoms with Gasteiger partial charge in [0.05, 0.1) is 7.11 Å². The van der Waals surface area contributed by atoms with Gasteiger partial charge in [-0.15, -0.1) is 0 Å². The molecule has 2 atom stereocenters. The average Bonchev–Trinajstić information content (AvgIpc) is 2.82. The summed E-state index contributed by atoms with van der Waals surface area (Å²) in [6, 6.07) is 6.48. The van der Waals surface area contributed by atoms with E-state index in [0.29, 0.717) is 11.7 Å². The summed E-state index contributed by atoms with van der Waals surface area (Å²) in [5.74, 6) is 1.96. The van der Waals surface area contributed by atoms with Gasteiger partial charge in [0.1, 0.15) is 11.5 Å². The second kappa shape index (κ2) is 4.46. The predicted octanol–water partition coefficient (Wildman–Crippen LogP) is 4.17. The van der Waals surface area contributed by atoms with E-state index in [1.54, 1.807) is 12.7 Å². The van der Waals surface area contributed by atoms with Gasteiger partial charge in [-0.05, 0) is 66.9 Å². The lowest BCUT2D eigenvalue weighted by atomic mass is 9.63. The fourth-order valence-electron chi connectivity index (χ4n) is 4.80. The van der Waals surface area contributed by atoms with Crippen LogP contribution in [0.25, 0.3) is 5.57 Å². The summed E-state index contributed by atoms with van der Waals surface area (Å²) in [5.41, 5.74) is 5.89. The predicted molar refractivity (Wildman–Crippen MR) is 83.3 cm³/mol. The minimum atomic E-state index is -0.0667. The van der Waals surface area contributed by atoms with Crippen molar-refractivity contribution in [2.24, 2.45) is 11.3 Å². The Kier molecular flexibility index (Phi) is 2.79. The molecule has 1 aromatic rings. The van der Waals surface area contributed by atoms with Crippen LogP contribution in [0.4, 0.5) is 0 Å². The van der Waals surface area contributed by atoms with Crippen LogP contribution >= 0.6 is 0 Å². The van der Waals surface area contributed by atoms with Gasteiger partial charge in [0.2, 0.25) is 0 Å². The van der Waals surface area contributed by atoms with Crippen LogP contribution in [0.2, 0.25) is 0 Å². The van der Waals surface area contributed by atoms with E-state index in [1.807, 2.05) is 0 Å². The molecule has 1 saturated carbocycles. The van der Waals surface area contributed by atoms with Crippen molar-refractivity contribution in [3.8, 4) is 5.75 Å². The molecule has 3 aliphatic carbocycles. The highest BCUT2D eigenvalue weighted by atomic mass is 16.5. The lowest BCUT2D eigenvalue weighted by Gasteiger charge is -2.40. The number of ketones is 1. The van der Waals surface area contributed by atoms with Crippen LogP contribution in [0, 0.1) is 11.3 Å². The fourth-order valence-corrected chi connectivity index (χ4v) is 4.80. The third kappa shape index (κ3) is 1.74. The Morgan fingerprint density at radius 1 is 1.19 bits per heavy atom. The molecule has 0 bridgehead atoms. The average molecular weight is 282 g/mol. The van der Waals surface area contributed by atoms with Crippen LogP contribution in [-0.4, -0.2) is 12.9 Å². The molecule has 2 nitrogen and oxygen atoms in total. The van der Waals surface area contributed by atoms with Crippen molar-refractivity contribution in [2.45, 2.75) is 45.4 Å². The quantitative estimate of drug-likeness (QED) is 0.772. The number of hydrogen-bond acceptors (Lipinski definition) is 2. The second-order valence-electron chi connectivity index (χ2n) is 6.96. The number of hydrogen-bond donors (Lipinski definition) is 0. The van der Waals surface area contributed by atoms with Gasteiger partial charge >= 0.3 is 0 Å². The summed E-state index contributed by atoms with van der Waals surface area (Å²) in [4.78, 5) is 12.3. The van der Waals surface area contributed by atoms with Crippen molar-refractivity contribution in [3.05, 3.63) is 34.9 Å². The Bertz CT molecular complexity index is 656. The first-order valence-corrected chi connectivity index (χ1v) is 8.06. The number of ether oxygens (including phenoxy) is 1. The van der Waals surface area contributed by atoms with Crippen molar-refractivity contribution >= 4 is 11.4 Å². The first-order valence-electron chi connectivity index (χ1n) is 8.06. The van der Waals surface area contributed by atoms with Gasteiger partial charge in [-0.2, -0.15) is 0 Å². The number of carbonyl (C=O) groups is 1. The molecule has 110 valence electrons. The van der Waals surface area contributed by atoms with Crippen molar-refractivity contribution < 1.29 is 9.53 Å². The SMILES string of the molecule is COc1ccc2c(c1)CCC1=C2CC[C@@]2(C)C(=O)CC[C@@H]12. The van der Waals surface area contributed by atoms with Crippen LogP contribution < -0.4 is 4.74 Å². The van der Waals surface area contributed by atoms with Crippen molar-refractivity contribution in [3.63, 3.8) is 0 Å². The van der Waals surface area contributed by atoms with Crippen LogP contribution in [0.1, 0.15) is 50.2 Å². The van der Waals surface area contributed by atoms with E-state index in [4.69, 9.17) is 4.74 Å². The van der Waals surface area contributed by atoms with Crippen molar-refractivity contribution in [1.29, 1.82) is 0 Å². The Balaban J connectivity index is 1.81. The largest absolute Gasteiger partial charge is 0.497 e. The number of aryl methyl sites for hydroxylation is 1. The first-order chi connectivity index (χ1) is 10.1. The molecule has 0 N–H and O–H groups in total. The van der Waals surface area contributed by atoms with E-state index in [9.17, 15) is 4.79 Å². The first kappa shape index (κ1) is 13.1. The molecule has 0 radical (unpaired) electrons. The molecular weight excluding hydrogens is 260 g/mol. The number of benzene rings is 1. The highest BCUT2D eigenvalue weighted by Gasteiger charge is 2.50. The molecule has 1 aromatic carbocycles. The minimum Gasteiger partial charge on any atom is -0.497 e. The lowest BCUT2D eigenvalue weighted by Crippen LogP contribution is -2.34. The van der Waals surface area contributed by atoms with Gasteiger partial charge < -0.3 is 4.74 Å². The van der Waals surface area contributed by atoms with Gasteiger partial charge in [0, 0.05) is 11.8 Å². The molecule has 3 aliphatic rings. The smallest absolute Gasteiger partial charge is 0.139 e. The number of carbonyl (C=O) groups excluding carboxylic acids is 1. The highest BCUT2D eigenvalue weighted by molar-refractivity contribution is 5.90. The van der Waals surface area contributed by atoms with Crippen molar-refractivity contribution in [1.82, 2.24) is 0 Å². The van der Waals surface area contributed by atoms with Gasteiger partial charge in [-0.3, -0.25) is 4.79 Å². The van der Waals surface area contributed by atoms with Crippen LogP contribution in [0.3, 0.4) is 0 Å². The van der Waals surface area contributed by atoms with Gasteiger partial charge in [0.25, 0.3) is 0 Å². The molecule has 0 heterocycles. The highest BCUT2D eigenvalue weighted by Crippen LogP contribution is 2.56. The summed E-state index contributed by atoms with van der Waals surface area (Å²) in [5, 5.41) is 0. The molecule has 0 saturated heterocycles. The van der Waals surface area contributed by atoms with Crippen LogP contribution in [0.5, 0.6) is 5.75 Å². The summed E-state index contributed by atoms with van der Waals surface area (Å²) in [6.07, 6.45) is 6.16. The number of rotatable bonds is 1. The molecule has 21 heavy (non-hydrogen) atoms. The van der Waals surface area contributed by atoms with E-state index < -0.39 is 0 Å². The maximum Gasteiger partial charge on any atom is 0.139 e. The van der Waals surface area contributed by atoms with Crippen LogP contribution in [0.15, 0.2) is 23.8 Å². The van der Waals surface area contributed by atoms with E-state index >= 15 is 0 Å². The topological polar surface area (TPSA) is 26.3 Å². The monoisotopic (exact) mass is 282 g/mol. The molecule has 0 aliphatic heterocycles. The molecule has 0 spiro atoms. The Hall–Kier alpha value is -1.57. The Labute approximate surface area is 126 Å². The number of Topliss-reactive ketones (excluding diaryl/α,β-unsaturated/α-hetero) is 1. The molecule has 4 rings (SSSR count). The summed E-state index contributed by atoms with van der Waals surface area (Å²) >= 11 is 0. The molecule has 0 amide bonds. The molecule has 0 aromatic heterocycles. The summed E-state index contributed by atoms with van der Waals surface area (Å²) in [6.45, 7) is 2.21. The lowest BCUT2D eigenvalue weighted by molar-refractivity contribution is -0.126. The minimum absolute atomic E-state index is 0.0667. The second-order valence-corrected chi connectivity index (χ2v) is 6.96. The van der Waals surface area contributed by atoms with Crippen LogP contribution in [-0.2, 0) is 11.2 Å². The van der Waals surface area contributed by atoms with Gasteiger partial charge in [-0.1, -0.05) is 18.6 Å². The van der Waals surface area contributed by atoms with E-state index in [1.165, 1.54) is 16.7 Å². The number of methoxy groups -OCH3 is 1. The Morgan fingerprint density at radius 2 is 2.05 bits per heavy atom. The third-order valence-corrected chi connectivity index (χ3v) is 6.07. The fraction of sp³-hybridized carbons (Fsp3) is 0.526. The van der Waals surface area contributed by atoms with E-state index in [2.05, 4.69) is 25.1 Å². The normalized spacial score (nSPS) is 30.8. The van der Waals surface area contributed by atoms with Gasteiger partial charge in [-0.25, -0.2) is 0 Å². The molecular formula is C19H22O2. The molecule has 2 heteroatoms. The van der Waals surface area contributed by atoms with Gasteiger partial charge in [0.15, 0.2) is 0 Å². The van der Waals surface area contributed by atoms with Crippen molar-refractivity contribution in [2.75, 3.05) is 7.11 Å². The standard InChI is InChI=1S/C19H22O2/c1-19-10-9-15-14-6-4-13(21-2)11-12(14)3-5-16(15)17(19)7-8-18(19)20/h4,6,11,17H,3,5,7-10H2,1-2H3/t17-,19+/m0/s1. The summed E-state index contributed by atoms with van der Waals surface area (Å²) in [7, 11) is 1.73. The summed E-state index contributed by atoms with van der Waals surface area (Å²) < 4.78 is 5.36. The zero-order valence-electron chi connectivity index (χ0n) is 12.9. The molecule has 1 fully saturated rings. The zero-order valence-corrected chi connectivity index (χ0v) is 12.9. The van der Waals surface area contributed by atoms with E-state index in [0.717, 1.165) is 44.3 Å².